The van der Waals surface area contributed by atoms with Gasteiger partial charge in [-0.1, -0.05) is 29.8 Å². The van der Waals surface area contributed by atoms with Gasteiger partial charge in [-0.2, -0.15) is 13.2 Å². The minimum Gasteiger partial charge on any atom is -0.484 e. The van der Waals surface area contributed by atoms with Crippen molar-refractivity contribution in [3.05, 3.63) is 75.6 Å². The Morgan fingerprint density at radius 3 is 2.45 bits per heavy atom. The molecule has 1 heterocycles. The number of likely N-dealkylation sites (N-methyl/N-ethyl adjacent to an activating group) is 1. The highest BCUT2D eigenvalue weighted by atomic mass is 19.4. The summed E-state index contributed by atoms with van der Waals surface area (Å²) >= 11 is 0. The second-order valence-electron chi connectivity index (χ2n) is 6.66. The molecule has 0 spiro atoms. The predicted molar refractivity (Wildman–Crippen MR) is 101 cm³/mol. The Bertz CT molecular complexity index is 1090. The summed E-state index contributed by atoms with van der Waals surface area (Å²) in [4.78, 5) is 25.2. The Kier molecular flexibility index (Phi) is 5.63. The third-order valence-corrected chi connectivity index (χ3v) is 4.35. The monoisotopic (exact) mass is 405 g/mol. The number of amides is 1. The largest absolute Gasteiger partial charge is 0.484 e. The van der Waals surface area contributed by atoms with Crippen LogP contribution in [-0.4, -0.2) is 24.5 Å². The number of rotatable bonds is 5. The molecular formula is C21H18F3NO4. The van der Waals surface area contributed by atoms with Crippen molar-refractivity contribution in [1.29, 1.82) is 0 Å². The van der Waals surface area contributed by atoms with Gasteiger partial charge < -0.3 is 14.1 Å². The molecule has 8 heteroatoms. The van der Waals surface area contributed by atoms with E-state index in [2.05, 4.69) is 0 Å². The highest BCUT2D eigenvalue weighted by molar-refractivity contribution is 5.82. The zero-order chi connectivity index (χ0) is 21.2. The summed E-state index contributed by atoms with van der Waals surface area (Å²) in [6, 6.07) is 11.8. The van der Waals surface area contributed by atoms with E-state index in [9.17, 15) is 22.8 Å². The smallest absolute Gasteiger partial charge is 0.417 e. The second kappa shape index (κ2) is 7.98. The van der Waals surface area contributed by atoms with Crippen LogP contribution in [0.2, 0.25) is 0 Å². The molecule has 3 aromatic rings. The molecule has 0 saturated carbocycles. The van der Waals surface area contributed by atoms with Crippen molar-refractivity contribution in [2.45, 2.75) is 19.6 Å². The van der Waals surface area contributed by atoms with Gasteiger partial charge in [0.05, 0.1) is 5.56 Å². The molecule has 152 valence electrons. The highest BCUT2D eigenvalue weighted by Gasteiger charge is 2.33. The van der Waals surface area contributed by atoms with E-state index in [0.717, 1.165) is 17.2 Å². The van der Waals surface area contributed by atoms with Gasteiger partial charge in [0.2, 0.25) is 0 Å². The molecular weight excluding hydrogens is 387 g/mol. The van der Waals surface area contributed by atoms with Crippen LogP contribution in [0.25, 0.3) is 11.0 Å². The molecule has 0 atom stereocenters. The summed E-state index contributed by atoms with van der Waals surface area (Å²) in [5, 5.41) is -0.257. The molecule has 1 amide bonds. The molecule has 0 aliphatic carbocycles. The maximum atomic E-state index is 13.1. The van der Waals surface area contributed by atoms with Crippen molar-refractivity contribution in [2.75, 3.05) is 13.7 Å². The van der Waals surface area contributed by atoms with E-state index < -0.39 is 17.4 Å². The van der Waals surface area contributed by atoms with Crippen LogP contribution in [0.4, 0.5) is 13.2 Å². The Labute approximate surface area is 164 Å². The zero-order valence-corrected chi connectivity index (χ0v) is 15.7. The average molecular weight is 405 g/mol. The molecule has 0 radical (unpaired) electrons. The number of fused-ring (bicyclic) bond motifs is 1. The standard InChI is InChI=1S/C21H18F3NO4/c1-13-3-5-14(6-4-13)11-25(2)19(26)12-28-15-7-8-16-17(21(22,23)24)10-20(27)29-18(16)9-15/h3-10H,11-12H2,1-2H3. The summed E-state index contributed by atoms with van der Waals surface area (Å²) in [6.07, 6.45) is -4.69. The van der Waals surface area contributed by atoms with E-state index in [4.69, 9.17) is 9.15 Å². The lowest BCUT2D eigenvalue weighted by atomic mass is 10.1. The first kappa shape index (κ1) is 20.4. The minimum absolute atomic E-state index is 0.122. The van der Waals surface area contributed by atoms with E-state index in [0.29, 0.717) is 12.6 Å². The van der Waals surface area contributed by atoms with E-state index >= 15 is 0 Å². The number of carbonyl (C=O) groups excluding carboxylic acids is 1. The molecule has 0 fully saturated rings. The van der Waals surface area contributed by atoms with Gasteiger partial charge in [0.25, 0.3) is 5.91 Å². The number of halogens is 3. The van der Waals surface area contributed by atoms with Gasteiger partial charge in [-0.05, 0) is 24.6 Å². The first-order valence-corrected chi connectivity index (χ1v) is 8.71. The lowest BCUT2D eigenvalue weighted by Crippen LogP contribution is -2.30. The summed E-state index contributed by atoms with van der Waals surface area (Å²) < 4.78 is 49.5. The van der Waals surface area contributed by atoms with Gasteiger partial charge in [-0.15, -0.1) is 0 Å². The Morgan fingerprint density at radius 1 is 1.10 bits per heavy atom. The molecule has 1 aromatic heterocycles. The summed E-state index contributed by atoms with van der Waals surface area (Å²) in [5.41, 5.74) is -0.385. The molecule has 0 saturated heterocycles. The third-order valence-electron chi connectivity index (χ3n) is 4.35. The molecule has 3 rings (SSSR count). The number of aryl methyl sites for hydroxylation is 1. The van der Waals surface area contributed by atoms with Crippen molar-refractivity contribution in [2.24, 2.45) is 0 Å². The Morgan fingerprint density at radius 2 is 1.79 bits per heavy atom. The van der Waals surface area contributed by atoms with Crippen LogP contribution in [0.15, 0.2) is 57.7 Å². The Balaban J connectivity index is 1.71. The topological polar surface area (TPSA) is 59.8 Å². The normalized spacial score (nSPS) is 11.5. The maximum absolute atomic E-state index is 13.1. The third kappa shape index (κ3) is 4.96. The van der Waals surface area contributed by atoms with E-state index in [1.54, 1.807) is 7.05 Å². The highest BCUT2D eigenvalue weighted by Crippen LogP contribution is 2.34. The van der Waals surface area contributed by atoms with Gasteiger partial charge in [-0.3, -0.25) is 4.79 Å². The minimum atomic E-state index is -4.69. The van der Waals surface area contributed by atoms with Crippen LogP contribution in [-0.2, 0) is 17.5 Å². The van der Waals surface area contributed by atoms with Gasteiger partial charge in [-0.25, -0.2) is 4.79 Å². The molecule has 0 bridgehead atoms. The molecule has 0 aliphatic rings. The second-order valence-corrected chi connectivity index (χ2v) is 6.66. The lowest BCUT2D eigenvalue weighted by Gasteiger charge is -2.18. The first-order chi connectivity index (χ1) is 13.6. The Hall–Kier alpha value is -3.29. The van der Waals surface area contributed by atoms with E-state index in [1.807, 2.05) is 31.2 Å². The number of hydrogen-bond donors (Lipinski definition) is 0. The average Bonchev–Trinajstić information content (AvgIpc) is 2.66. The molecule has 5 nitrogen and oxygen atoms in total. The number of carbonyl (C=O) groups is 1. The molecule has 0 aliphatic heterocycles. The fourth-order valence-corrected chi connectivity index (χ4v) is 2.78. The molecule has 2 aromatic carbocycles. The number of ether oxygens (including phenoxy) is 1. The number of nitrogens with zero attached hydrogens (tertiary/aromatic N) is 1. The summed E-state index contributed by atoms with van der Waals surface area (Å²) in [7, 11) is 1.63. The van der Waals surface area contributed by atoms with Crippen LogP contribution in [0.3, 0.4) is 0 Å². The zero-order valence-electron chi connectivity index (χ0n) is 15.7. The van der Waals surface area contributed by atoms with Gasteiger partial charge in [0.1, 0.15) is 11.3 Å². The maximum Gasteiger partial charge on any atom is 0.417 e. The van der Waals surface area contributed by atoms with Crippen LogP contribution < -0.4 is 10.4 Å². The van der Waals surface area contributed by atoms with Crippen LogP contribution in [0, 0.1) is 6.92 Å². The van der Waals surface area contributed by atoms with Crippen molar-refractivity contribution >= 4 is 16.9 Å². The van der Waals surface area contributed by atoms with Crippen molar-refractivity contribution < 1.29 is 27.1 Å². The number of alkyl halides is 3. The number of benzene rings is 2. The summed E-state index contributed by atoms with van der Waals surface area (Å²) in [5.74, 6) is -0.187. The molecule has 0 unspecified atom stereocenters. The van der Waals surface area contributed by atoms with Gasteiger partial charge in [0, 0.05) is 31.1 Å². The molecule has 29 heavy (non-hydrogen) atoms. The van der Waals surface area contributed by atoms with Crippen molar-refractivity contribution in [3.63, 3.8) is 0 Å². The number of hydrogen-bond acceptors (Lipinski definition) is 4. The lowest BCUT2D eigenvalue weighted by molar-refractivity contribution is -0.136. The SMILES string of the molecule is Cc1ccc(CN(C)C(=O)COc2ccc3c(C(F)(F)F)cc(=O)oc3c2)cc1. The van der Waals surface area contributed by atoms with Crippen LogP contribution in [0.1, 0.15) is 16.7 Å². The van der Waals surface area contributed by atoms with Gasteiger partial charge >= 0.3 is 11.8 Å². The van der Waals surface area contributed by atoms with E-state index in [-0.39, 0.29) is 29.2 Å². The predicted octanol–water partition coefficient (Wildman–Crippen LogP) is 4.16. The van der Waals surface area contributed by atoms with E-state index in [1.165, 1.54) is 17.0 Å². The van der Waals surface area contributed by atoms with Crippen LogP contribution >= 0.6 is 0 Å². The van der Waals surface area contributed by atoms with Crippen LogP contribution in [0.5, 0.6) is 5.75 Å². The summed E-state index contributed by atoms with van der Waals surface area (Å²) in [6.45, 7) is 2.05. The quantitative estimate of drug-likeness (QED) is 0.598. The fourth-order valence-electron chi connectivity index (χ4n) is 2.78. The van der Waals surface area contributed by atoms with Crippen molar-refractivity contribution in [3.8, 4) is 5.75 Å². The van der Waals surface area contributed by atoms with Crippen molar-refractivity contribution in [1.82, 2.24) is 4.90 Å². The fraction of sp³-hybridized carbons (Fsp3) is 0.238. The first-order valence-electron chi connectivity index (χ1n) is 8.71. The van der Waals surface area contributed by atoms with Gasteiger partial charge in [0.15, 0.2) is 6.61 Å². The molecule has 0 N–H and O–H groups in total.